The minimum absolute atomic E-state index is 0.209. The Morgan fingerprint density at radius 2 is 1.62 bits per heavy atom. The van der Waals surface area contributed by atoms with Gasteiger partial charge in [0.25, 0.3) is 0 Å². The predicted octanol–water partition coefficient (Wildman–Crippen LogP) is 6.65. The Balaban J connectivity index is 2.68. The standard InChI is InChI=1S/C16H23Cl4N/c1-10(2)21-8-7-16(3,4)6-5-11-12(17)9-13(18)15(20)14(11)19/h9-10,21H,5-8H2,1-4H3. The molecule has 0 aliphatic rings. The van der Waals surface area contributed by atoms with Crippen LogP contribution in [0.1, 0.15) is 46.1 Å². The molecule has 1 aromatic rings. The summed E-state index contributed by atoms with van der Waals surface area (Å²) in [5.41, 5.74) is 1.10. The fourth-order valence-corrected chi connectivity index (χ4v) is 3.24. The smallest absolute Gasteiger partial charge is 0.0782 e. The Hall–Kier alpha value is 0.340. The highest BCUT2D eigenvalue weighted by Crippen LogP contribution is 2.39. The van der Waals surface area contributed by atoms with E-state index >= 15 is 0 Å². The van der Waals surface area contributed by atoms with Crippen LogP contribution in [0, 0.1) is 5.41 Å². The minimum Gasteiger partial charge on any atom is -0.315 e. The summed E-state index contributed by atoms with van der Waals surface area (Å²) < 4.78 is 0. The molecule has 0 spiro atoms. The Kier molecular flexibility index (Phi) is 7.63. The van der Waals surface area contributed by atoms with E-state index in [0.29, 0.717) is 26.1 Å². The van der Waals surface area contributed by atoms with Crippen LogP contribution in [0.3, 0.4) is 0 Å². The van der Waals surface area contributed by atoms with Gasteiger partial charge in [0, 0.05) is 11.1 Å². The normalized spacial score (nSPS) is 12.2. The summed E-state index contributed by atoms with van der Waals surface area (Å²) >= 11 is 24.6. The number of halogens is 4. The van der Waals surface area contributed by atoms with Crippen molar-refractivity contribution in [3.63, 3.8) is 0 Å². The van der Waals surface area contributed by atoms with E-state index in [2.05, 4.69) is 33.0 Å². The second-order valence-electron chi connectivity index (χ2n) is 6.47. The molecule has 120 valence electrons. The molecule has 1 rings (SSSR count). The maximum atomic E-state index is 6.27. The third-order valence-electron chi connectivity index (χ3n) is 3.62. The lowest BCUT2D eigenvalue weighted by atomic mass is 9.83. The predicted molar refractivity (Wildman–Crippen MR) is 96.3 cm³/mol. The molecule has 5 heteroatoms. The Bertz CT molecular complexity index is 484. The van der Waals surface area contributed by atoms with Gasteiger partial charge in [-0.05, 0) is 42.9 Å². The molecule has 0 aliphatic carbocycles. The molecule has 0 atom stereocenters. The summed E-state index contributed by atoms with van der Waals surface area (Å²) in [7, 11) is 0. The van der Waals surface area contributed by atoms with Gasteiger partial charge in [0.15, 0.2) is 0 Å². The third kappa shape index (κ3) is 6.15. The summed E-state index contributed by atoms with van der Waals surface area (Å²) in [6, 6.07) is 2.18. The molecule has 0 saturated carbocycles. The van der Waals surface area contributed by atoms with Crippen LogP contribution in [0.4, 0.5) is 0 Å². The lowest BCUT2D eigenvalue weighted by Gasteiger charge is -2.26. The van der Waals surface area contributed by atoms with Crippen molar-refractivity contribution >= 4 is 46.4 Å². The number of nitrogens with one attached hydrogen (secondary N) is 1. The van der Waals surface area contributed by atoms with Crippen molar-refractivity contribution in [3.05, 3.63) is 31.7 Å². The average Bonchev–Trinajstić information content (AvgIpc) is 2.35. The van der Waals surface area contributed by atoms with E-state index in [9.17, 15) is 0 Å². The van der Waals surface area contributed by atoms with E-state index in [1.165, 1.54) is 0 Å². The van der Waals surface area contributed by atoms with Crippen molar-refractivity contribution in [1.29, 1.82) is 0 Å². The van der Waals surface area contributed by atoms with Crippen molar-refractivity contribution in [1.82, 2.24) is 5.32 Å². The molecule has 0 heterocycles. The molecule has 1 aromatic carbocycles. The van der Waals surface area contributed by atoms with Gasteiger partial charge in [-0.15, -0.1) is 0 Å². The van der Waals surface area contributed by atoms with E-state index in [4.69, 9.17) is 46.4 Å². The molecule has 21 heavy (non-hydrogen) atoms. The van der Waals surface area contributed by atoms with Crippen LogP contribution < -0.4 is 5.32 Å². The van der Waals surface area contributed by atoms with E-state index < -0.39 is 0 Å². The van der Waals surface area contributed by atoms with Gasteiger partial charge in [-0.25, -0.2) is 0 Å². The highest BCUT2D eigenvalue weighted by Gasteiger charge is 2.20. The van der Waals surface area contributed by atoms with E-state index in [1.54, 1.807) is 6.07 Å². The van der Waals surface area contributed by atoms with Gasteiger partial charge < -0.3 is 5.32 Å². The zero-order valence-corrected chi connectivity index (χ0v) is 16.0. The maximum Gasteiger partial charge on any atom is 0.0782 e. The Morgan fingerprint density at radius 1 is 1.00 bits per heavy atom. The van der Waals surface area contributed by atoms with Gasteiger partial charge in [0.1, 0.15) is 0 Å². The number of hydrogen-bond acceptors (Lipinski definition) is 1. The summed E-state index contributed by atoms with van der Waals surface area (Å²) in [6.45, 7) is 9.83. The first-order valence-electron chi connectivity index (χ1n) is 7.19. The van der Waals surface area contributed by atoms with Crippen LogP contribution in [0.25, 0.3) is 0 Å². The number of hydrogen-bond donors (Lipinski definition) is 1. The summed E-state index contributed by atoms with van der Waals surface area (Å²) in [5.74, 6) is 0. The monoisotopic (exact) mass is 369 g/mol. The van der Waals surface area contributed by atoms with Gasteiger partial charge in [0.05, 0.1) is 15.1 Å². The molecular weight excluding hydrogens is 348 g/mol. The fraction of sp³-hybridized carbons (Fsp3) is 0.625. The largest absolute Gasteiger partial charge is 0.315 e. The first-order chi connectivity index (χ1) is 9.64. The summed E-state index contributed by atoms with van der Waals surface area (Å²) in [4.78, 5) is 0. The van der Waals surface area contributed by atoms with Crippen molar-refractivity contribution in [2.45, 2.75) is 53.0 Å². The van der Waals surface area contributed by atoms with Gasteiger partial charge >= 0.3 is 0 Å². The van der Waals surface area contributed by atoms with Crippen LogP contribution >= 0.6 is 46.4 Å². The third-order valence-corrected chi connectivity index (χ3v) is 5.25. The lowest BCUT2D eigenvalue weighted by molar-refractivity contribution is 0.298. The molecule has 0 aromatic heterocycles. The quantitative estimate of drug-likeness (QED) is 0.418. The average molecular weight is 371 g/mol. The Morgan fingerprint density at radius 3 is 2.19 bits per heavy atom. The van der Waals surface area contributed by atoms with Crippen molar-refractivity contribution in [2.75, 3.05) is 6.54 Å². The molecule has 0 radical (unpaired) electrons. The van der Waals surface area contributed by atoms with Gasteiger partial charge in [0.2, 0.25) is 0 Å². The first-order valence-corrected chi connectivity index (χ1v) is 8.70. The van der Waals surface area contributed by atoms with Crippen molar-refractivity contribution in [3.8, 4) is 0 Å². The highest BCUT2D eigenvalue weighted by atomic mass is 35.5. The number of benzene rings is 1. The maximum absolute atomic E-state index is 6.27. The highest BCUT2D eigenvalue weighted by molar-refractivity contribution is 6.49. The fourth-order valence-electron chi connectivity index (χ4n) is 2.12. The number of rotatable bonds is 7. The molecule has 1 N–H and O–H groups in total. The van der Waals surface area contributed by atoms with Crippen LogP contribution in [0.15, 0.2) is 6.07 Å². The zero-order chi connectivity index (χ0) is 16.2. The van der Waals surface area contributed by atoms with E-state index in [1.807, 2.05) is 0 Å². The molecule has 0 amide bonds. The van der Waals surface area contributed by atoms with Crippen LogP contribution in [0.5, 0.6) is 0 Å². The van der Waals surface area contributed by atoms with Crippen LogP contribution in [0.2, 0.25) is 20.1 Å². The molecule has 0 saturated heterocycles. The summed E-state index contributed by atoms with van der Waals surface area (Å²) in [5, 5.41) is 5.30. The van der Waals surface area contributed by atoms with E-state index in [0.717, 1.165) is 31.4 Å². The first kappa shape index (κ1) is 19.4. The van der Waals surface area contributed by atoms with Crippen LogP contribution in [-0.4, -0.2) is 12.6 Å². The summed E-state index contributed by atoms with van der Waals surface area (Å²) in [6.07, 6.45) is 2.88. The molecule has 0 unspecified atom stereocenters. The molecular formula is C16H23Cl4N. The van der Waals surface area contributed by atoms with Crippen molar-refractivity contribution < 1.29 is 0 Å². The topological polar surface area (TPSA) is 12.0 Å². The van der Waals surface area contributed by atoms with Gasteiger partial charge in [-0.2, -0.15) is 0 Å². The second kappa shape index (κ2) is 8.26. The molecule has 1 nitrogen and oxygen atoms in total. The van der Waals surface area contributed by atoms with E-state index in [-0.39, 0.29) is 5.41 Å². The second-order valence-corrected chi connectivity index (χ2v) is 8.04. The molecule has 0 bridgehead atoms. The van der Waals surface area contributed by atoms with Crippen LogP contribution in [-0.2, 0) is 6.42 Å². The Labute approximate surface area is 148 Å². The minimum atomic E-state index is 0.209. The molecule has 0 aliphatic heterocycles. The SMILES string of the molecule is CC(C)NCCC(C)(C)CCc1c(Cl)cc(Cl)c(Cl)c1Cl. The van der Waals surface area contributed by atoms with Gasteiger partial charge in [-0.3, -0.25) is 0 Å². The van der Waals surface area contributed by atoms with Gasteiger partial charge in [-0.1, -0.05) is 74.1 Å². The van der Waals surface area contributed by atoms with Crippen molar-refractivity contribution in [2.24, 2.45) is 5.41 Å². The molecule has 0 fully saturated rings. The zero-order valence-electron chi connectivity index (χ0n) is 13.0. The lowest BCUT2D eigenvalue weighted by Crippen LogP contribution is -2.28.